The second-order valence-electron chi connectivity index (χ2n) is 6.46. The van der Waals surface area contributed by atoms with Gasteiger partial charge >= 0.3 is 0 Å². The van der Waals surface area contributed by atoms with Gasteiger partial charge in [-0.05, 0) is 37.1 Å². The van der Waals surface area contributed by atoms with E-state index in [4.69, 9.17) is 5.10 Å². The Morgan fingerprint density at radius 3 is 2.64 bits per heavy atom. The molecule has 0 unspecified atom stereocenters. The summed E-state index contributed by atoms with van der Waals surface area (Å²) in [5, 5.41) is 8.45. The van der Waals surface area contributed by atoms with Gasteiger partial charge in [-0.15, -0.1) is 0 Å². The molecule has 0 spiro atoms. The van der Waals surface area contributed by atoms with Gasteiger partial charge in [0, 0.05) is 31.0 Å². The van der Waals surface area contributed by atoms with Crippen molar-refractivity contribution < 1.29 is 4.39 Å². The highest BCUT2D eigenvalue weighted by molar-refractivity contribution is 5.40. The smallest absolute Gasteiger partial charge is 0.123 e. The van der Waals surface area contributed by atoms with Crippen LogP contribution in [0.1, 0.15) is 55.0 Å². The summed E-state index contributed by atoms with van der Waals surface area (Å²) in [6, 6.07) is 6.69. The van der Waals surface area contributed by atoms with Gasteiger partial charge in [-0.25, -0.2) is 9.07 Å². The summed E-state index contributed by atoms with van der Waals surface area (Å²) in [6.45, 7) is 1.91. The van der Waals surface area contributed by atoms with E-state index in [1.165, 1.54) is 61.2 Å². The lowest BCUT2D eigenvalue weighted by Gasteiger charge is -2.22. The van der Waals surface area contributed by atoms with Gasteiger partial charge in [0.05, 0.1) is 17.1 Å². The molecule has 1 aliphatic carbocycles. The van der Waals surface area contributed by atoms with E-state index in [-0.39, 0.29) is 5.82 Å². The highest BCUT2D eigenvalue weighted by Gasteiger charge is 2.27. The van der Waals surface area contributed by atoms with Crippen molar-refractivity contribution in [3.05, 3.63) is 47.0 Å². The Kier molecular flexibility index (Phi) is 3.70. The minimum atomic E-state index is -0.195. The molecule has 1 N–H and O–H groups in total. The second kappa shape index (κ2) is 5.84. The van der Waals surface area contributed by atoms with Crippen molar-refractivity contribution in [2.24, 2.45) is 0 Å². The molecule has 4 heteroatoms. The van der Waals surface area contributed by atoms with Gasteiger partial charge in [0.25, 0.3) is 0 Å². The molecule has 116 valence electrons. The quantitative estimate of drug-likeness (QED) is 0.916. The van der Waals surface area contributed by atoms with E-state index in [0.29, 0.717) is 5.92 Å². The Morgan fingerprint density at radius 2 is 1.86 bits per heavy atom. The van der Waals surface area contributed by atoms with Crippen LogP contribution < -0.4 is 5.32 Å². The Labute approximate surface area is 130 Å². The minimum absolute atomic E-state index is 0.195. The van der Waals surface area contributed by atoms with Crippen LogP contribution in [-0.2, 0) is 13.0 Å². The molecule has 4 rings (SSSR count). The number of hydrogen-bond acceptors (Lipinski definition) is 2. The van der Waals surface area contributed by atoms with E-state index in [2.05, 4.69) is 10.00 Å². The monoisotopic (exact) mass is 299 g/mol. The number of rotatable bonds is 2. The van der Waals surface area contributed by atoms with Crippen LogP contribution in [-0.4, -0.2) is 16.3 Å². The molecule has 2 aromatic rings. The van der Waals surface area contributed by atoms with Crippen molar-refractivity contribution >= 4 is 0 Å². The van der Waals surface area contributed by atoms with Gasteiger partial charge in [-0.3, -0.25) is 0 Å². The van der Waals surface area contributed by atoms with Crippen molar-refractivity contribution in [3.8, 4) is 5.69 Å². The molecule has 0 saturated heterocycles. The molecule has 3 nitrogen and oxygen atoms in total. The minimum Gasteiger partial charge on any atom is -0.312 e. The lowest BCUT2D eigenvalue weighted by Crippen LogP contribution is -2.25. The zero-order chi connectivity index (χ0) is 14.9. The lowest BCUT2D eigenvalue weighted by atomic mass is 9.84. The summed E-state index contributed by atoms with van der Waals surface area (Å²) in [5.41, 5.74) is 4.96. The fourth-order valence-electron chi connectivity index (χ4n) is 3.87. The van der Waals surface area contributed by atoms with Gasteiger partial charge in [-0.2, -0.15) is 5.10 Å². The molecule has 0 amide bonds. The largest absolute Gasteiger partial charge is 0.312 e. The molecule has 22 heavy (non-hydrogen) atoms. The molecule has 1 saturated carbocycles. The maximum atomic E-state index is 13.2. The van der Waals surface area contributed by atoms with Crippen LogP contribution in [0, 0.1) is 5.82 Å². The SMILES string of the molecule is Fc1ccc(-n2nc(C3CCCCC3)c3c2CCNC3)cc1. The average molecular weight is 299 g/mol. The highest BCUT2D eigenvalue weighted by atomic mass is 19.1. The molecule has 1 aromatic heterocycles. The summed E-state index contributed by atoms with van der Waals surface area (Å²) >= 11 is 0. The van der Waals surface area contributed by atoms with Crippen molar-refractivity contribution in [3.63, 3.8) is 0 Å². The topological polar surface area (TPSA) is 29.9 Å². The first kappa shape index (κ1) is 13.9. The molecule has 1 aliphatic heterocycles. The summed E-state index contributed by atoms with van der Waals surface area (Å²) in [5.74, 6) is 0.406. The van der Waals surface area contributed by atoms with E-state index >= 15 is 0 Å². The maximum absolute atomic E-state index is 13.2. The zero-order valence-corrected chi connectivity index (χ0v) is 12.8. The zero-order valence-electron chi connectivity index (χ0n) is 12.8. The van der Waals surface area contributed by atoms with E-state index in [0.717, 1.165) is 25.2 Å². The number of aromatic nitrogens is 2. The molecule has 2 heterocycles. The van der Waals surface area contributed by atoms with Crippen molar-refractivity contribution in [1.82, 2.24) is 15.1 Å². The number of nitrogens with one attached hydrogen (secondary N) is 1. The molecule has 2 aliphatic rings. The molecule has 0 atom stereocenters. The van der Waals surface area contributed by atoms with Crippen LogP contribution in [0.25, 0.3) is 5.69 Å². The predicted octanol–water partition coefficient (Wildman–Crippen LogP) is 3.70. The fraction of sp³-hybridized carbons (Fsp3) is 0.500. The van der Waals surface area contributed by atoms with E-state index in [9.17, 15) is 4.39 Å². The maximum Gasteiger partial charge on any atom is 0.123 e. The van der Waals surface area contributed by atoms with Gasteiger partial charge < -0.3 is 5.32 Å². The Balaban J connectivity index is 1.78. The molecule has 1 aromatic carbocycles. The van der Waals surface area contributed by atoms with Crippen LogP contribution in [0.3, 0.4) is 0 Å². The van der Waals surface area contributed by atoms with Crippen molar-refractivity contribution in [1.29, 1.82) is 0 Å². The predicted molar refractivity (Wildman–Crippen MR) is 84.8 cm³/mol. The third kappa shape index (κ3) is 2.45. The first-order valence-corrected chi connectivity index (χ1v) is 8.40. The number of hydrogen-bond donors (Lipinski definition) is 1. The van der Waals surface area contributed by atoms with Crippen LogP contribution in [0.15, 0.2) is 24.3 Å². The number of halogens is 1. The summed E-state index contributed by atoms with van der Waals surface area (Å²) < 4.78 is 15.3. The van der Waals surface area contributed by atoms with Gasteiger partial charge in [0.15, 0.2) is 0 Å². The van der Waals surface area contributed by atoms with Crippen LogP contribution in [0.2, 0.25) is 0 Å². The Hall–Kier alpha value is -1.68. The van der Waals surface area contributed by atoms with Gasteiger partial charge in [0.2, 0.25) is 0 Å². The number of benzene rings is 1. The third-order valence-electron chi connectivity index (χ3n) is 5.02. The lowest BCUT2D eigenvalue weighted by molar-refractivity contribution is 0.432. The molecule has 1 fully saturated rings. The normalized spacial score (nSPS) is 19.1. The average Bonchev–Trinajstić information content (AvgIpc) is 2.96. The number of fused-ring (bicyclic) bond motifs is 1. The molecular formula is C18H22FN3. The summed E-state index contributed by atoms with van der Waals surface area (Å²) in [7, 11) is 0. The van der Waals surface area contributed by atoms with Gasteiger partial charge in [-0.1, -0.05) is 19.3 Å². The highest BCUT2D eigenvalue weighted by Crippen LogP contribution is 2.36. The Bertz CT molecular complexity index is 654. The second-order valence-corrected chi connectivity index (χ2v) is 6.46. The molecular weight excluding hydrogens is 277 g/mol. The standard InChI is InChI=1S/C18H22FN3/c19-14-6-8-15(9-7-14)22-17-10-11-20-12-16(17)18(21-22)13-4-2-1-3-5-13/h6-9,13,20H,1-5,10-12H2. The molecule has 0 radical (unpaired) electrons. The van der Waals surface area contributed by atoms with Crippen LogP contribution >= 0.6 is 0 Å². The van der Waals surface area contributed by atoms with Crippen molar-refractivity contribution in [2.45, 2.75) is 51.0 Å². The molecule has 0 bridgehead atoms. The fourth-order valence-corrected chi connectivity index (χ4v) is 3.87. The van der Waals surface area contributed by atoms with Crippen LogP contribution in [0.4, 0.5) is 4.39 Å². The van der Waals surface area contributed by atoms with Crippen molar-refractivity contribution in [2.75, 3.05) is 6.54 Å². The first-order chi connectivity index (χ1) is 10.8. The van der Waals surface area contributed by atoms with E-state index < -0.39 is 0 Å². The first-order valence-electron chi connectivity index (χ1n) is 8.40. The summed E-state index contributed by atoms with van der Waals surface area (Å²) in [4.78, 5) is 0. The third-order valence-corrected chi connectivity index (χ3v) is 5.02. The Morgan fingerprint density at radius 1 is 1.09 bits per heavy atom. The van der Waals surface area contributed by atoms with Crippen LogP contribution in [0.5, 0.6) is 0 Å². The van der Waals surface area contributed by atoms with E-state index in [1.807, 2.05) is 12.1 Å². The summed E-state index contributed by atoms with van der Waals surface area (Å²) in [6.07, 6.45) is 7.49. The van der Waals surface area contributed by atoms with Gasteiger partial charge in [0.1, 0.15) is 5.82 Å². The number of nitrogens with zero attached hydrogens (tertiary/aromatic N) is 2. The van der Waals surface area contributed by atoms with E-state index in [1.54, 1.807) is 0 Å².